The van der Waals surface area contributed by atoms with Gasteiger partial charge in [-0.1, -0.05) is 29.8 Å². The molecular formula is C26H27ClN2O5S. The number of nitrogens with zero attached hydrogens (tertiary/aromatic N) is 1. The Balaban J connectivity index is 1.63. The van der Waals surface area contributed by atoms with Crippen LogP contribution in [0, 0.1) is 0 Å². The number of nitrogens with one attached hydrogen (secondary N) is 1. The smallest absolute Gasteiger partial charge is 0.264 e. The molecule has 3 aromatic carbocycles. The zero-order valence-electron chi connectivity index (χ0n) is 19.7. The summed E-state index contributed by atoms with van der Waals surface area (Å²) >= 11 is 6.02. The molecule has 0 aromatic heterocycles. The van der Waals surface area contributed by atoms with Gasteiger partial charge in [0.1, 0.15) is 23.6 Å². The number of carbonyl (C=O) groups excluding carboxylic acids is 1. The molecule has 1 aliphatic rings. The van der Waals surface area contributed by atoms with Gasteiger partial charge >= 0.3 is 0 Å². The molecule has 1 unspecified atom stereocenters. The third kappa shape index (κ3) is 5.55. The van der Waals surface area contributed by atoms with Crippen LogP contribution in [-0.4, -0.2) is 33.6 Å². The number of hydrogen-bond donors (Lipinski definition) is 1. The Morgan fingerprint density at radius 1 is 1.09 bits per heavy atom. The summed E-state index contributed by atoms with van der Waals surface area (Å²) in [6, 6.07) is 19.6. The summed E-state index contributed by atoms with van der Waals surface area (Å²) in [6.07, 6.45) is 0.544. The van der Waals surface area contributed by atoms with Crippen LogP contribution >= 0.6 is 11.6 Å². The van der Waals surface area contributed by atoms with Crippen molar-refractivity contribution in [2.45, 2.75) is 36.8 Å². The third-order valence-electron chi connectivity index (χ3n) is 5.76. The SMILES string of the molecule is COc1ccc(S(=O)(=O)N(CC(=O)NC2CC(C)(C)Oc3ccccc32)c2ccc(Cl)cc2)cc1. The lowest BCUT2D eigenvalue weighted by Gasteiger charge is -2.38. The number of hydrogen-bond acceptors (Lipinski definition) is 5. The van der Waals surface area contributed by atoms with Crippen LogP contribution in [0.2, 0.25) is 5.02 Å². The molecule has 0 radical (unpaired) electrons. The van der Waals surface area contributed by atoms with E-state index in [1.807, 2.05) is 38.1 Å². The van der Waals surface area contributed by atoms with Gasteiger partial charge in [0.25, 0.3) is 10.0 Å². The first-order valence-electron chi connectivity index (χ1n) is 11.1. The first-order chi connectivity index (χ1) is 16.6. The summed E-state index contributed by atoms with van der Waals surface area (Å²) in [5, 5.41) is 3.47. The molecular weight excluding hydrogens is 488 g/mol. The monoisotopic (exact) mass is 514 g/mol. The van der Waals surface area contributed by atoms with E-state index in [0.717, 1.165) is 9.87 Å². The van der Waals surface area contributed by atoms with Crippen LogP contribution in [0.4, 0.5) is 5.69 Å². The lowest BCUT2D eigenvalue weighted by atomic mass is 9.89. The first kappa shape index (κ1) is 24.9. The number of amides is 1. The number of para-hydroxylation sites is 1. The number of sulfonamides is 1. The Kier molecular flexibility index (Phi) is 6.96. The average Bonchev–Trinajstić information content (AvgIpc) is 2.82. The second-order valence-electron chi connectivity index (χ2n) is 8.89. The minimum atomic E-state index is -4.06. The van der Waals surface area contributed by atoms with Crippen LogP contribution in [0.15, 0.2) is 77.7 Å². The summed E-state index contributed by atoms with van der Waals surface area (Å²) in [4.78, 5) is 13.3. The van der Waals surface area contributed by atoms with Gasteiger partial charge in [0.2, 0.25) is 5.91 Å². The van der Waals surface area contributed by atoms with Gasteiger partial charge in [-0.15, -0.1) is 0 Å². The summed E-state index contributed by atoms with van der Waals surface area (Å²) < 4.78 is 39.5. The van der Waals surface area contributed by atoms with Gasteiger partial charge in [-0.3, -0.25) is 9.10 Å². The molecule has 1 aliphatic heterocycles. The predicted octanol–water partition coefficient (Wildman–Crippen LogP) is 4.96. The van der Waals surface area contributed by atoms with E-state index < -0.39 is 28.1 Å². The van der Waals surface area contributed by atoms with Crippen molar-refractivity contribution in [3.63, 3.8) is 0 Å². The van der Waals surface area contributed by atoms with E-state index in [0.29, 0.717) is 28.6 Å². The number of benzene rings is 3. The van der Waals surface area contributed by atoms with E-state index in [1.54, 1.807) is 36.4 Å². The fourth-order valence-corrected chi connectivity index (χ4v) is 5.65. The predicted molar refractivity (Wildman–Crippen MR) is 136 cm³/mol. The van der Waals surface area contributed by atoms with Gasteiger partial charge in [-0.25, -0.2) is 8.42 Å². The summed E-state index contributed by atoms with van der Waals surface area (Å²) in [6.45, 7) is 3.50. The van der Waals surface area contributed by atoms with Crippen molar-refractivity contribution < 1.29 is 22.7 Å². The van der Waals surface area contributed by atoms with Gasteiger partial charge in [-0.2, -0.15) is 0 Å². The van der Waals surface area contributed by atoms with E-state index >= 15 is 0 Å². The van der Waals surface area contributed by atoms with Crippen molar-refractivity contribution in [1.82, 2.24) is 5.32 Å². The molecule has 0 bridgehead atoms. The van der Waals surface area contributed by atoms with Crippen LogP contribution in [0.5, 0.6) is 11.5 Å². The summed E-state index contributed by atoms with van der Waals surface area (Å²) in [7, 11) is -2.56. The van der Waals surface area contributed by atoms with E-state index in [9.17, 15) is 13.2 Å². The number of ether oxygens (including phenoxy) is 2. The first-order valence-corrected chi connectivity index (χ1v) is 12.9. The molecule has 35 heavy (non-hydrogen) atoms. The number of rotatable bonds is 7. The van der Waals surface area contributed by atoms with Gasteiger partial charge in [-0.05, 0) is 68.4 Å². The third-order valence-corrected chi connectivity index (χ3v) is 7.80. The minimum Gasteiger partial charge on any atom is -0.497 e. The van der Waals surface area contributed by atoms with E-state index in [-0.39, 0.29) is 10.9 Å². The fraction of sp³-hybridized carbons (Fsp3) is 0.269. The van der Waals surface area contributed by atoms with E-state index in [2.05, 4.69) is 5.32 Å². The Morgan fingerprint density at radius 3 is 2.40 bits per heavy atom. The summed E-state index contributed by atoms with van der Waals surface area (Å²) in [5.74, 6) is 0.796. The minimum absolute atomic E-state index is 0.0404. The summed E-state index contributed by atoms with van der Waals surface area (Å²) in [5.41, 5.74) is 0.696. The molecule has 0 aliphatic carbocycles. The van der Waals surface area contributed by atoms with Crippen molar-refractivity contribution in [2.24, 2.45) is 0 Å². The number of methoxy groups -OCH3 is 1. The maximum Gasteiger partial charge on any atom is 0.264 e. The van der Waals surface area contributed by atoms with Crippen LogP contribution in [0.3, 0.4) is 0 Å². The number of anilines is 1. The van der Waals surface area contributed by atoms with Crippen molar-refractivity contribution >= 4 is 33.2 Å². The molecule has 3 aromatic rings. The Labute approximate surface area is 210 Å². The van der Waals surface area contributed by atoms with Crippen LogP contribution in [-0.2, 0) is 14.8 Å². The molecule has 9 heteroatoms. The maximum absolute atomic E-state index is 13.6. The molecule has 0 saturated carbocycles. The molecule has 0 fully saturated rings. The van der Waals surface area contributed by atoms with Crippen LogP contribution < -0.4 is 19.1 Å². The van der Waals surface area contributed by atoms with Crippen LogP contribution in [0.1, 0.15) is 31.9 Å². The van der Waals surface area contributed by atoms with Gasteiger partial charge in [0, 0.05) is 17.0 Å². The Morgan fingerprint density at radius 2 is 1.74 bits per heavy atom. The lowest BCUT2D eigenvalue weighted by molar-refractivity contribution is -0.120. The highest BCUT2D eigenvalue weighted by Gasteiger charge is 2.35. The molecule has 1 amide bonds. The number of carbonyl (C=O) groups is 1. The van der Waals surface area contributed by atoms with Crippen LogP contribution in [0.25, 0.3) is 0 Å². The topological polar surface area (TPSA) is 84.9 Å². The Bertz CT molecular complexity index is 1310. The molecule has 1 N–H and O–H groups in total. The van der Waals surface area contributed by atoms with E-state index in [1.165, 1.54) is 19.2 Å². The highest BCUT2D eigenvalue weighted by atomic mass is 35.5. The standard InChI is InChI=1S/C26H27ClN2O5S/c1-26(2)16-23(22-6-4-5-7-24(22)34-26)28-25(30)17-29(19-10-8-18(27)9-11-19)35(31,32)21-14-12-20(33-3)13-15-21/h4-15,23H,16-17H2,1-3H3,(H,28,30). The van der Waals surface area contributed by atoms with Gasteiger partial charge in [0.15, 0.2) is 0 Å². The highest BCUT2D eigenvalue weighted by molar-refractivity contribution is 7.92. The highest BCUT2D eigenvalue weighted by Crippen LogP contribution is 2.39. The largest absolute Gasteiger partial charge is 0.497 e. The van der Waals surface area contributed by atoms with Crippen molar-refractivity contribution in [3.05, 3.63) is 83.4 Å². The van der Waals surface area contributed by atoms with E-state index in [4.69, 9.17) is 21.1 Å². The molecule has 1 atom stereocenters. The zero-order chi connectivity index (χ0) is 25.2. The second-order valence-corrected chi connectivity index (χ2v) is 11.2. The van der Waals surface area contributed by atoms with Crippen molar-refractivity contribution in [3.8, 4) is 11.5 Å². The number of halogens is 1. The van der Waals surface area contributed by atoms with Gasteiger partial charge < -0.3 is 14.8 Å². The normalized spacial score (nSPS) is 16.5. The average molecular weight is 515 g/mol. The molecule has 1 heterocycles. The molecule has 0 saturated heterocycles. The molecule has 4 rings (SSSR count). The number of fused-ring (bicyclic) bond motifs is 1. The zero-order valence-corrected chi connectivity index (χ0v) is 21.3. The molecule has 0 spiro atoms. The van der Waals surface area contributed by atoms with Crippen molar-refractivity contribution in [2.75, 3.05) is 18.0 Å². The fourth-order valence-electron chi connectivity index (χ4n) is 4.10. The molecule has 7 nitrogen and oxygen atoms in total. The lowest BCUT2D eigenvalue weighted by Crippen LogP contribution is -2.45. The van der Waals surface area contributed by atoms with Crippen molar-refractivity contribution in [1.29, 1.82) is 0 Å². The maximum atomic E-state index is 13.6. The Hall–Kier alpha value is -3.23. The quantitative estimate of drug-likeness (QED) is 0.481. The van der Waals surface area contributed by atoms with Gasteiger partial charge in [0.05, 0.1) is 23.7 Å². The second kappa shape index (κ2) is 9.79. The molecule has 184 valence electrons.